The zero-order valence-corrected chi connectivity index (χ0v) is 11.8. The first-order valence-corrected chi connectivity index (χ1v) is 6.62. The van der Waals surface area contributed by atoms with Gasteiger partial charge in [-0.2, -0.15) is 0 Å². The van der Waals surface area contributed by atoms with Crippen molar-refractivity contribution in [3.8, 4) is 0 Å². The number of aryl methyl sites for hydroxylation is 1. The van der Waals surface area contributed by atoms with Gasteiger partial charge in [-0.1, -0.05) is 11.3 Å². The fourth-order valence-corrected chi connectivity index (χ4v) is 1.89. The summed E-state index contributed by atoms with van der Waals surface area (Å²) < 4.78 is 20.0. The van der Waals surface area contributed by atoms with Crippen LogP contribution in [0.1, 0.15) is 22.3 Å². The summed E-state index contributed by atoms with van der Waals surface area (Å²) >= 11 is 0. The summed E-state index contributed by atoms with van der Waals surface area (Å²) in [5.74, 6) is -1.23. The summed E-state index contributed by atoms with van der Waals surface area (Å²) in [6.45, 7) is 2.10. The third kappa shape index (κ3) is 4.35. The molecule has 0 saturated carbocycles. The number of rotatable bonds is 7. The summed E-state index contributed by atoms with van der Waals surface area (Å²) in [4.78, 5) is 11.3. The van der Waals surface area contributed by atoms with Crippen LogP contribution in [0.3, 0.4) is 0 Å². The Morgan fingerprint density at radius 2 is 2.33 bits per heavy atom. The molecule has 0 spiro atoms. The van der Waals surface area contributed by atoms with Crippen molar-refractivity contribution in [3.05, 3.63) is 47.5 Å². The maximum atomic E-state index is 13.7. The fourth-order valence-electron chi connectivity index (χ4n) is 1.89. The second-order valence-corrected chi connectivity index (χ2v) is 4.50. The van der Waals surface area contributed by atoms with E-state index >= 15 is 0 Å². The number of ether oxygens (including phenoxy) is 1. The predicted octanol–water partition coefficient (Wildman–Crippen LogP) is 1.38. The van der Waals surface area contributed by atoms with Gasteiger partial charge in [-0.05, 0) is 30.7 Å². The van der Waals surface area contributed by atoms with Gasteiger partial charge >= 0.3 is 5.97 Å². The number of halogens is 1. The molecule has 0 atom stereocenters. The second kappa shape index (κ2) is 7.49. The van der Waals surface area contributed by atoms with E-state index in [9.17, 15) is 9.18 Å². The Bertz CT molecular complexity index is 587. The summed E-state index contributed by atoms with van der Waals surface area (Å²) in [6, 6.07) is 4.49. The molecule has 0 radical (unpaired) electrons. The first-order valence-electron chi connectivity index (χ1n) is 6.62. The normalized spacial score (nSPS) is 10.6. The number of esters is 1. The molecule has 0 aliphatic rings. The largest absolute Gasteiger partial charge is 0.465 e. The molecule has 1 heterocycles. The Labute approximate surface area is 121 Å². The van der Waals surface area contributed by atoms with Crippen molar-refractivity contribution < 1.29 is 13.9 Å². The monoisotopic (exact) mass is 292 g/mol. The predicted molar refractivity (Wildman–Crippen MR) is 74.1 cm³/mol. The molecule has 0 unspecified atom stereocenters. The maximum Gasteiger partial charge on any atom is 0.340 e. The molecule has 0 amide bonds. The molecule has 21 heavy (non-hydrogen) atoms. The second-order valence-electron chi connectivity index (χ2n) is 4.50. The third-order valence-electron chi connectivity index (χ3n) is 2.98. The molecule has 2 rings (SSSR count). The average molecular weight is 292 g/mol. The van der Waals surface area contributed by atoms with Gasteiger partial charge in [0.25, 0.3) is 0 Å². The van der Waals surface area contributed by atoms with E-state index < -0.39 is 11.8 Å². The number of benzene rings is 1. The minimum Gasteiger partial charge on any atom is -0.465 e. The van der Waals surface area contributed by atoms with E-state index in [1.165, 1.54) is 19.2 Å². The van der Waals surface area contributed by atoms with Crippen LogP contribution in [0.4, 0.5) is 4.39 Å². The van der Waals surface area contributed by atoms with Crippen molar-refractivity contribution in [3.63, 3.8) is 0 Å². The highest BCUT2D eigenvalue weighted by molar-refractivity contribution is 5.89. The smallest absolute Gasteiger partial charge is 0.340 e. The van der Waals surface area contributed by atoms with E-state index in [1.807, 2.05) is 0 Å². The highest BCUT2D eigenvalue weighted by Crippen LogP contribution is 2.11. The van der Waals surface area contributed by atoms with E-state index in [0.29, 0.717) is 6.54 Å². The van der Waals surface area contributed by atoms with E-state index in [1.54, 1.807) is 23.1 Å². The number of carbonyl (C=O) groups excluding carboxylic acids is 1. The van der Waals surface area contributed by atoms with Gasteiger partial charge < -0.3 is 10.1 Å². The highest BCUT2D eigenvalue weighted by atomic mass is 19.1. The summed E-state index contributed by atoms with van der Waals surface area (Å²) in [5.41, 5.74) is 0.730. The highest BCUT2D eigenvalue weighted by Gasteiger charge is 2.11. The standard InChI is InChI=1S/C14H17FN4O2/c1-21-14(20)12-4-3-11(9-13(12)15)10-16-5-2-7-19-8-6-17-18-19/h3-4,6,8-9,16H,2,5,7,10H2,1H3. The van der Waals surface area contributed by atoms with Crippen molar-refractivity contribution >= 4 is 5.97 Å². The topological polar surface area (TPSA) is 69.0 Å². The van der Waals surface area contributed by atoms with Gasteiger partial charge in [0.05, 0.1) is 18.9 Å². The SMILES string of the molecule is COC(=O)c1ccc(CNCCCn2ccnn2)cc1F. The van der Waals surface area contributed by atoms with Gasteiger partial charge in [-0.3, -0.25) is 4.68 Å². The Balaban J connectivity index is 1.75. The molecule has 0 saturated heterocycles. The molecule has 0 aliphatic carbocycles. The average Bonchev–Trinajstić information content (AvgIpc) is 2.99. The fraction of sp³-hybridized carbons (Fsp3) is 0.357. The molecule has 6 nitrogen and oxygen atoms in total. The number of hydrogen-bond acceptors (Lipinski definition) is 5. The zero-order valence-electron chi connectivity index (χ0n) is 11.8. The molecule has 0 aliphatic heterocycles. The number of nitrogens with one attached hydrogen (secondary N) is 1. The molecule has 0 fully saturated rings. The molecule has 7 heteroatoms. The van der Waals surface area contributed by atoms with Crippen LogP contribution in [0, 0.1) is 5.82 Å². The van der Waals surface area contributed by atoms with E-state index in [-0.39, 0.29) is 5.56 Å². The summed E-state index contributed by atoms with van der Waals surface area (Å²) in [6.07, 6.45) is 4.34. The lowest BCUT2D eigenvalue weighted by Gasteiger charge is -2.07. The number of hydrogen-bond donors (Lipinski definition) is 1. The van der Waals surface area contributed by atoms with Gasteiger partial charge in [-0.15, -0.1) is 5.10 Å². The van der Waals surface area contributed by atoms with Gasteiger partial charge in [0, 0.05) is 19.3 Å². The van der Waals surface area contributed by atoms with E-state index in [0.717, 1.165) is 25.1 Å². The molecule has 2 aromatic rings. The lowest BCUT2D eigenvalue weighted by molar-refractivity contribution is 0.0595. The molecular weight excluding hydrogens is 275 g/mol. The first-order chi connectivity index (χ1) is 10.2. The van der Waals surface area contributed by atoms with Crippen LogP contribution in [0.5, 0.6) is 0 Å². The first kappa shape index (κ1) is 15.1. The van der Waals surface area contributed by atoms with Crippen molar-refractivity contribution in [2.75, 3.05) is 13.7 Å². The van der Waals surface area contributed by atoms with Gasteiger partial charge in [0.1, 0.15) is 5.82 Å². The number of nitrogens with zero attached hydrogens (tertiary/aromatic N) is 3. The molecule has 1 aromatic heterocycles. The molecule has 112 valence electrons. The van der Waals surface area contributed by atoms with E-state index in [2.05, 4.69) is 20.4 Å². The summed E-state index contributed by atoms with van der Waals surface area (Å²) in [5, 5.41) is 10.8. The Hall–Kier alpha value is -2.28. The molecule has 1 aromatic carbocycles. The van der Waals surface area contributed by atoms with Crippen LogP contribution in [0.2, 0.25) is 0 Å². The molecular formula is C14H17FN4O2. The quantitative estimate of drug-likeness (QED) is 0.617. The summed E-state index contributed by atoms with van der Waals surface area (Å²) in [7, 11) is 1.23. The Morgan fingerprint density at radius 1 is 1.48 bits per heavy atom. The number of methoxy groups -OCH3 is 1. The Morgan fingerprint density at radius 3 is 3.00 bits per heavy atom. The molecule has 1 N–H and O–H groups in total. The van der Waals surface area contributed by atoms with Crippen LogP contribution in [-0.2, 0) is 17.8 Å². The lowest BCUT2D eigenvalue weighted by atomic mass is 10.1. The van der Waals surface area contributed by atoms with Crippen molar-refractivity contribution in [2.24, 2.45) is 0 Å². The number of carbonyl (C=O) groups is 1. The minimum absolute atomic E-state index is 0.0487. The Kier molecular flexibility index (Phi) is 5.39. The van der Waals surface area contributed by atoms with Crippen LogP contribution in [0.25, 0.3) is 0 Å². The van der Waals surface area contributed by atoms with Gasteiger partial charge in [0.2, 0.25) is 0 Å². The van der Waals surface area contributed by atoms with Crippen LogP contribution in [0.15, 0.2) is 30.6 Å². The van der Waals surface area contributed by atoms with Crippen LogP contribution >= 0.6 is 0 Å². The van der Waals surface area contributed by atoms with Crippen molar-refractivity contribution in [2.45, 2.75) is 19.5 Å². The third-order valence-corrected chi connectivity index (χ3v) is 2.98. The minimum atomic E-state index is -0.667. The zero-order chi connectivity index (χ0) is 15.1. The van der Waals surface area contributed by atoms with Crippen molar-refractivity contribution in [1.29, 1.82) is 0 Å². The number of aromatic nitrogens is 3. The maximum absolute atomic E-state index is 13.7. The van der Waals surface area contributed by atoms with Crippen molar-refractivity contribution in [1.82, 2.24) is 20.3 Å². The van der Waals surface area contributed by atoms with Gasteiger partial charge in [-0.25, -0.2) is 9.18 Å². The van der Waals surface area contributed by atoms with Crippen LogP contribution < -0.4 is 5.32 Å². The van der Waals surface area contributed by atoms with Crippen LogP contribution in [-0.4, -0.2) is 34.6 Å². The van der Waals surface area contributed by atoms with Gasteiger partial charge in [0.15, 0.2) is 0 Å². The lowest BCUT2D eigenvalue weighted by Crippen LogP contribution is -2.17. The molecule has 0 bridgehead atoms. The van der Waals surface area contributed by atoms with E-state index in [4.69, 9.17) is 0 Å².